The highest BCUT2D eigenvalue weighted by Gasteiger charge is 2.55. The Hall–Kier alpha value is -1.96. The van der Waals surface area contributed by atoms with Crippen molar-refractivity contribution in [1.29, 1.82) is 0 Å². The van der Waals surface area contributed by atoms with Gasteiger partial charge in [-0.05, 0) is 75.1 Å². The molecular formula is C58H102O15. The Morgan fingerprint density at radius 1 is 0.397 bits per heavy atom. The minimum absolute atomic E-state index is 0.207. The SMILES string of the molecule is CCCCOCC1OC=CC(OCCCC)[C@@H]1O[C@@H]1OC(COCCCC)[C@H](O[C@H]2OC(COCCCC)[C@H](OCCCC)C(OCc3ccc(OC)cc3)C2OCCCC)C(OCCCC)C1OCCCC. The molecule has 3 aliphatic heterocycles. The van der Waals surface area contributed by atoms with Crippen LogP contribution in [-0.4, -0.2) is 160 Å². The molecular weight excluding hydrogens is 937 g/mol. The molecule has 0 aliphatic carbocycles. The van der Waals surface area contributed by atoms with Crippen LogP contribution < -0.4 is 4.74 Å². The van der Waals surface area contributed by atoms with Crippen molar-refractivity contribution in [3.05, 3.63) is 42.2 Å². The highest BCUT2D eigenvalue weighted by Crippen LogP contribution is 2.37. The first-order valence-electron chi connectivity index (χ1n) is 28.9. The second-order valence-electron chi connectivity index (χ2n) is 19.6. The molecule has 1 aromatic rings. The van der Waals surface area contributed by atoms with Crippen molar-refractivity contribution in [3.8, 4) is 5.75 Å². The summed E-state index contributed by atoms with van der Waals surface area (Å²) in [4.78, 5) is 0. The minimum atomic E-state index is -0.959. The van der Waals surface area contributed by atoms with Crippen molar-refractivity contribution in [3.63, 3.8) is 0 Å². The van der Waals surface area contributed by atoms with Crippen LogP contribution in [0.5, 0.6) is 5.75 Å². The van der Waals surface area contributed by atoms with Crippen LogP contribution in [-0.2, 0) is 72.9 Å². The summed E-state index contributed by atoms with van der Waals surface area (Å²) in [7, 11) is 1.67. The number of hydrogen-bond acceptors (Lipinski definition) is 15. The lowest BCUT2D eigenvalue weighted by molar-refractivity contribution is -0.381. The van der Waals surface area contributed by atoms with Crippen LogP contribution in [0, 0.1) is 0 Å². The quantitative estimate of drug-likeness (QED) is 0.0573. The summed E-state index contributed by atoms with van der Waals surface area (Å²) in [5, 5.41) is 0. The van der Waals surface area contributed by atoms with Gasteiger partial charge in [0.15, 0.2) is 18.7 Å². The Morgan fingerprint density at radius 3 is 1.27 bits per heavy atom. The molecule has 15 nitrogen and oxygen atoms in total. The van der Waals surface area contributed by atoms with Crippen molar-refractivity contribution in [1.82, 2.24) is 0 Å². The van der Waals surface area contributed by atoms with Crippen LogP contribution in [0.3, 0.4) is 0 Å². The highest BCUT2D eigenvalue weighted by atomic mass is 16.8. The number of unbranched alkanes of at least 4 members (excludes halogenated alkanes) is 8. The summed E-state index contributed by atoms with van der Waals surface area (Å²) in [6.07, 6.45) is 9.94. The van der Waals surface area contributed by atoms with Crippen molar-refractivity contribution in [2.24, 2.45) is 0 Å². The number of methoxy groups -OCH3 is 1. The van der Waals surface area contributed by atoms with E-state index >= 15 is 0 Å². The van der Waals surface area contributed by atoms with Crippen molar-refractivity contribution < 1.29 is 71.1 Å². The molecule has 4 rings (SSSR count). The standard InChI is InChI=1S/C58H102O15/c1-10-18-31-60-41-47-50(46(30-39-64-47)63-34-21-13-4)72-57-56(68-38-25-17-8)54(66-36-23-15-6)52(49(71-57)43-62-33-20-12-3)73-58-55(67-37-24-16-7)53(69-40-44-26-28-45(59-9)29-27-44)51(65-35-22-14-5)48(70-58)42-61-32-19-11-2/h26-30,39,46-58H,10-25,31-38,40-43H2,1-9H3/t46?,47?,48?,49?,50-,51-,52-,53?,54?,55?,56?,57-,58+/m0/s1. The van der Waals surface area contributed by atoms with E-state index in [1.54, 1.807) is 13.4 Å². The molecule has 3 heterocycles. The molecule has 0 aromatic heterocycles. The van der Waals surface area contributed by atoms with Crippen LogP contribution in [0.1, 0.15) is 164 Å². The van der Waals surface area contributed by atoms with Crippen molar-refractivity contribution in [2.45, 2.75) is 244 Å². The van der Waals surface area contributed by atoms with Gasteiger partial charge < -0.3 is 71.1 Å². The lowest BCUT2D eigenvalue weighted by Gasteiger charge is -2.51. The molecule has 73 heavy (non-hydrogen) atoms. The lowest BCUT2D eigenvalue weighted by Crippen LogP contribution is -2.67. The summed E-state index contributed by atoms with van der Waals surface area (Å²) in [5.41, 5.74) is 0.985. The first-order chi connectivity index (χ1) is 35.9. The second-order valence-corrected chi connectivity index (χ2v) is 19.6. The maximum atomic E-state index is 7.49. The summed E-state index contributed by atoms with van der Waals surface area (Å²) < 4.78 is 101. The molecule has 0 saturated carbocycles. The fourth-order valence-electron chi connectivity index (χ4n) is 8.79. The molecule has 424 valence electrons. The molecule has 2 saturated heterocycles. The van der Waals surface area contributed by atoms with E-state index in [2.05, 4.69) is 55.4 Å². The number of rotatable bonds is 43. The molecule has 15 heteroatoms. The maximum absolute atomic E-state index is 7.49. The summed E-state index contributed by atoms with van der Waals surface area (Å²) >= 11 is 0. The predicted octanol–water partition coefficient (Wildman–Crippen LogP) is 11.1. The van der Waals surface area contributed by atoms with Crippen LogP contribution in [0.4, 0.5) is 0 Å². The Kier molecular flexibility index (Phi) is 34.3. The van der Waals surface area contributed by atoms with E-state index in [0.29, 0.717) is 66.1 Å². The van der Waals surface area contributed by atoms with E-state index < -0.39 is 79.7 Å². The van der Waals surface area contributed by atoms with E-state index in [4.69, 9.17) is 71.1 Å². The first-order valence-corrected chi connectivity index (χ1v) is 28.9. The van der Waals surface area contributed by atoms with Gasteiger partial charge in [-0.25, -0.2) is 0 Å². The van der Waals surface area contributed by atoms with Crippen LogP contribution in [0.2, 0.25) is 0 Å². The molecule has 2 fully saturated rings. The molecule has 0 amide bonds. The number of benzene rings is 1. The number of ether oxygens (including phenoxy) is 15. The average molecular weight is 1040 g/mol. The normalized spacial score (nSPS) is 28.4. The van der Waals surface area contributed by atoms with E-state index in [1.165, 1.54) is 0 Å². The Morgan fingerprint density at radius 2 is 0.795 bits per heavy atom. The average Bonchev–Trinajstić information content (AvgIpc) is 3.40. The van der Waals surface area contributed by atoms with Gasteiger partial charge in [0.05, 0.1) is 39.8 Å². The van der Waals surface area contributed by atoms with E-state index in [9.17, 15) is 0 Å². The Balaban J connectivity index is 1.84. The Labute approximate surface area is 441 Å². The molecule has 0 spiro atoms. The topological polar surface area (TPSA) is 138 Å². The van der Waals surface area contributed by atoms with Gasteiger partial charge in [0.1, 0.15) is 66.8 Å². The van der Waals surface area contributed by atoms with Gasteiger partial charge in [-0.2, -0.15) is 0 Å². The minimum Gasteiger partial charge on any atom is -0.497 e. The van der Waals surface area contributed by atoms with Gasteiger partial charge in [0.2, 0.25) is 0 Å². The Bertz CT molecular complexity index is 1490. The molecule has 13 atom stereocenters. The van der Waals surface area contributed by atoms with Gasteiger partial charge in [-0.1, -0.05) is 119 Å². The van der Waals surface area contributed by atoms with Crippen LogP contribution in [0.15, 0.2) is 36.6 Å². The van der Waals surface area contributed by atoms with Crippen molar-refractivity contribution >= 4 is 0 Å². The van der Waals surface area contributed by atoms with E-state index in [-0.39, 0.29) is 13.2 Å². The third-order valence-corrected chi connectivity index (χ3v) is 13.4. The van der Waals surface area contributed by atoms with E-state index in [0.717, 1.165) is 114 Å². The lowest BCUT2D eigenvalue weighted by atomic mass is 9.95. The molecule has 8 unspecified atom stereocenters. The third-order valence-electron chi connectivity index (χ3n) is 13.4. The predicted molar refractivity (Wildman–Crippen MR) is 283 cm³/mol. The van der Waals surface area contributed by atoms with Gasteiger partial charge >= 0.3 is 0 Å². The van der Waals surface area contributed by atoms with Gasteiger partial charge in [0, 0.05) is 52.9 Å². The smallest absolute Gasteiger partial charge is 0.187 e. The highest BCUT2D eigenvalue weighted by molar-refractivity contribution is 5.26. The molecule has 0 bridgehead atoms. The van der Waals surface area contributed by atoms with Crippen LogP contribution >= 0.6 is 0 Å². The van der Waals surface area contributed by atoms with Crippen molar-refractivity contribution in [2.75, 3.05) is 79.8 Å². The molecule has 1 aromatic carbocycles. The van der Waals surface area contributed by atoms with Crippen LogP contribution in [0.25, 0.3) is 0 Å². The zero-order chi connectivity index (χ0) is 52.3. The maximum Gasteiger partial charge on any atom is 0.187 e. The van der Waals surface area contributed by atoms with Gasteiger partial charge in [-0.3, -0.25) is 0 Å². The fraction of sp³-hybridized carbons (Fsp3) is 0.862. The van der Waals surface area contributed by atoms with Gasteiger partial charge in [0.25, 0.3) is 0 Å². The number of hydrogen-bond donors (Lipinski definition) is 0. The monoisotopic (exact) mass is 1040 g/mol. The zero-order valence-corrected chi connectivity index (χ0v) is 46.9. The summed E-state index contributed by atoms with van der Waals surface area (Å²) in [6, 6.07) is 7.94. The summed E-state index contributed by atoms with van der Waals surface area (Å²) in [5.74, 6) is 0.776. The zero-order valence-electron chi connectivity index (χ0n) is 46.9. The van der Waals surface area contributed by atoms with E-state index in [1.807, 2.05) is 30.3 Å². The molecule has 3 aliphatic rings. The second kappa shape index (κ2) is 39.4. The summed E-state index contributed by atoms with van der Waals surface area (Å²) in [6.45, 7) is 22.6. The molecule has 0 N–H and O–H groups in total. The molecule has 0 radical (unpaired) electrons. The van der Waals surface area contributed by atoms with Gasteiger partial charge in [-0.15, -0.1) is 0 Å². The first kappa shape index (κ1) is 63.6. The largest absolute Gasteiger partial charge is 0.497 e. The third kappa shape index (κ3) is 22.5. The fourth-order valence-corrected chi connectivity index (χ4v) is 8.79.